The van der Waals surface area contributed by atoms with Crippen LogP contribution in [0, 0.1) is 0 Å². The van der Waals surface area contributed by atoms with Crippen molar-refractivity contribution in [2.75, 3.05) is 21.3 Å². The Morgan fingerprint density at radius 2 is 1.37 bits per heavy atom. The largest absolute Gasteiger partial charge is 0.507 e. The van der Waals surface area contributed by atoms with E-state index in [-0.39, 0.29) is 40.8 Å². The van der Waals surface area contributed by atoms with E-state index >= 15 is 0 Å². The number of ether oxygens (including phenoxy) is 5. The van der Waals surface area contributed by atoms with E-state index in [4.69, 9.17) is 23.7 Å². The molecule has 41 heavy (non-hydrogen) atoms. The van der Waals surface area contributed by atoms with Gasteiger partial charge in [-0.25, -0.2) is 0 Å². The second-order valence-corrected chi connectivity index (χ2v) is 10.0. The van der Waals surface area contributed by atoms with Gasteiger partial charge in [-0.1, -0.05) is 60.7 Å². The fraction of sp³-hybridized carbons (Fsp3) is 0.242. The van der Waals surface area contributed by atoms with Gasteiger partial charge in [0.25, 0.3) is 0 Å². The van der Waals surface area contributed by atoms with E-state index in [0.717, 1.165) is 11.1 Å². The van der Waals surface area contributed by atoms with Crippen molar-refractivity contribution in [3.63, 3.8) is 0 Å². The van der Waals surface area contributed by atoms with E-state index in [0.29, 0.717) is 34.8 Å². The first-order valence-electron chi connectivity index (χ1n) is 13.3. The maximum atomic E-state index is 13.5. The van der Waals surface area contributed by atoms with Gasteiger partial charge in [0.1, 0.15) is 40.8 Å². The van der Waals surface area contributed by atoms with Crippen molar-refractivity contribution in [3.05, 3.63) is 101 Å². The van der Waals surface area contributed by atoms with Crippen LogP contribution in [0.3, 0.4) is 0 Å². The summed E-state index contributed by atoms with van der Waals surface area (Å²) in [5.74, 6) is 0.241. The predicted octanol–water partition coefficient (Wildman–Crippen LogP) is 6.49. The zero-order valence-electron chi connectivity index (χ0n) is 22.9. The van der Waals surface area contributed by atoms with Gasteiger partial charge >= 0.3 is 0 Å². The molecule has 0 spiro atoms. The summed E-state index contributed by atoms with van der Waals surface area (Å²) in [4.78, 5) is 13.5. The van der Waals surface area contributed by atoms with Gasteiger partial charge in [-0.3, -0.25) is 4.79 Å². The zero-order valence-corrected chi connectivity index (χ0v) is 22.9. The third kappa shape index (κ3) is 4.45. The summed E-state index contributed by atoms with van der Waals surface area (Å²) in [6, 6.07) is 22.3. The highest BCUT2D eigenvalue weighted by molar-refractivity contribution is 6.03. The maximum absolute atomic E-state index is 13.5. The first kappa shape index (κ1) is 26.4. The van der Waals surface area contributed by atoms with Crippen LogP contribution in [0.25, 0.3) is 0 Å². The molecule has 8 nitrogen and oxygen atoms in total. The van der Waals surface area contributed by atoms with E-state index in [1.165, 1.54) is 27.4 Å². The standard InChI is InChI=1S/C33H30O8/c1-37-25-16-22(35)32(39-3)33-29(25)20(14-23(41-33)18-10-6-4-7-11-18)28-26(38-2)17-27-30(31(28)36)21(34)15-24(40-27)19-12-8-5-9-13-19/h4-13,16-17,20,23-24,35-36H,14-15H2,1-3H3/t20-,23-,24+/m0/s1. The number of hydrogen-bond donors (Lipinski definition) is 2. The Morgan fingerprint density at radius 3 is 1.98 bits per heavy atom. The molecule has 0 aromatic heterocycles. The lowest BCUT2D eigenvalue weighted by Gasteiger charge is -2.36. The molecule has 0 aliphatic carbocycles. The number of carbonyl (C=O) groups excluding carboxylic acids is 1. The number of benzene rings is 4. The number of carbonyl (C=O) groups is 1. The van der Waals surface area contributed by atoms with Gasteiger partial charge in [0.2, 0.25) is 5.75 Å². The Labute approximate surface area is 237 Å². The second-order valence-electron chi connectivity index (χ2n) is 10.0. The van der Waals surface area contributed by atoms with Crippen molar-refractivity contribution in [3.8, 4) is 40.2 Å². The van der Waals surface area contributed by atoms with Crippen LogP contribution in [0.4, 0.5) is 0 Å². The normalized spacial score (nSPS) is 19.3. The van der Waals surface area contributed by atoms with E-state index in [1.807, 2.05) is 60.7 Å². The highest BCUT2D eigenvalue weighted by atomic mass is 16.5. The van der Waals surface area contributed by atoms with Crippen LogP contribution in [-0.2, 0) is 0 Å². The van der Waals surface area contributed by atoms with Crippen molar-refractivity contribution in [1.29, 1.82) is 0 Å². The summed E-state index contributed by atoms with van der Waals surface area (Å²) in [6.45, 7) is 0. The number of methoxy groups -OCH3 is 3. The highest BCUT2D eigenvalue weighted by Gasteiger charge is 2.42. The van der Waals surface area contributed by atoms with Crippen LogP contribution in [-0.4, -0.2) is 37.3 Å². The number of aromatic hydroxyl groups is 2. The fourth-order valence-electron chi connectivity index (χ4n) is 5.91. The van der Waals surface area contributed by atoms with Crippen molar-refractivity contribution < 1.29 is 38.7 Å². The number of rotatable bonds is 6. The third-order valence-corrected chi connectivity index (χ3v) is 7.80. The number of hydrogen-bond acceptors (Lipinski definition) is 8. The van der Waals surface area contributed by atoms with Crippen LogP contribution in [0.1, 0.15) is 63.6 Å². The first-order chi connectivity index (χ1) is 19.9. The molecule has 4 aromatic carbocycles. The molecule has 3 atom stereocenters. The lowest BCUT2D eigenvalue weighted by molar-refractivity contribution is 0.0844. The van der Waals surface area contributed by atoms with E-state index in [1.54, 1.807) is 6.07 Å². The van der Waals surface area contributed by atoms with Crippen LogP contribution < -0.4 is 23.7 Å². The van der Waals surface area contributed by atoms with Crippen LogP contribution in [0.2, 0.25) is 0 Å². The van der Waals surface area contributed by atoms with E-state index < -0.39 is 18.1 Å². The Hall–Kier alpha value is -4.85. The molecule has 4 aromatic rings. The maximum Gasteiger partial charge on any atom is 0.203 e. The number of ketones is 1. The minimum Gasteiger partial charge on any atom is -0.507 e. The smallest absolute Gasteiger partial charge is 0.203 e. The first-order valence-corrected chi connectivity index (χ1v) is 13.3. The SMILES string of the molecule is COc1cc2c(c(O)c1[C@@H]1C[C@@H](c3ccccc3)Oc3c(OC)c(O)cc(OC)c31)C(=O)C[C@H](c1ccccc1)O2. The van der Waals surface area contributed by atoms with Gasteiger partial charge in [0, 0.05) is 35.6 Å². The summed E-state index contributed by atoms with van der Waals surface area (Å²) in [6.07, 6.45) is -0.488. The molecular formula is C33H30O8. The highest BCUT2D eigenvalue weighted by Crippen LogP contribution is 2.59. The van der Waals surface area contributed by atoms with Gasteiger partial charge < -0.3 is 33.9 Å². The molecule has 0 radical (unpaired) electrons. The molecule has 2 aliphatic rings. The molecule has 0 fully saturated rings. The van der Waals surface area contributed by atoms with Gasteiger partial charge in [-0.05, 0) is 11.1 Å². The predicted molar refractivity (Wildman–Crippen MR) is 151 cm³/mol. The van der Waals surface area contributed by atoms with Gasteiger partial charge in [-0.15, -0.1) is 0 Å². The Morgan fingerprint density at radius 1 is 0.756 bits per heavy atom. The monoisotopic (exact) mass is 554 g/mol. The molecule has 2 heterocycles. The molecule has 0 unspecified atom stereocenters. The Balaban J connectivity index is 1.55. The third-order valence-electron chi connectivity index (χ3n) is 7.80. The number of Topliss-reactive ketones (excluding diaryl/α,β-unsaturated/α-hetero) is 1. The molecule has 6 rings (SSSR count). The average molecular weight is 555 g/mol. The minimum absolute atomic E-state index is 0.0817. The number of phenols is 2. The summed E-state index contributed by atoms with van der Waals surface area (Å²) in [7, 11) is 4.45. The Bertz CT molecular complexity index is 1600. The lowest BCUT2D eigenvalue weighted by Crippen LogP contribution is -2.24. The summed E-state index contributed by atoms with van der Waals surface area (Å²) < 4.78 is 29.8. The van der Waals surface area contributed by atoms with E-state index in [9.17, 15) is 15.0 Å². The molecule has 2 aliphatic heterocycles. The van der Waals surface area contributed by atoms with Crippen LogP contribution in [0.15, 0.2) is 72.8 Å². The lowest BCUT2D eigenvalue weighted by atomic mass is 9.79. The molecule has 0 bridgehead atoms. The summed E-state index contributed by atoms with van der Waals surface area (Å²) >= 11 is 0. The molecule has 210 valence electrons. The molecule has 8 heteroatoms. The molecule has 0 saturated carbocycles. The van der Waals surface area contributed by atoms with Gasteiger partial charge in [0.05, 0.1) is 27.8 Å². The van der Waals surface area contributed by atoms with Gasteiger partial charge in [-0.2, -0.15) is 0 Å². The van der Waals surface area contributed by atoms with Crippen LogP contribution >= 0.6 is 0 Å². The van der Waals surface area contributed by atoms with Crippen molar-refractivity contribution >= 4 is 5.78 Å². The van der Waals surface area contributed by atoms with Crippen molar-refractivity contribution in [2.24, 2.45) is 0 Å². The topological polar surface area (TPSA) is 104 Å². The quantitative estimate of drug-likeness (QED) is 0.279. The van der Waals surface area contributed by atoms with Crippen LogP contribution in [0.5, 0.6) is 40.2 Å². The molecule has 0 amide bonds. The number of fused-ring (bicyclic) bond motifs is 2. The van der Waals surface area contributed by atoms with Gasteiger partial charge in [0.15, 0.2) is 17.3 Å². The summed E-state index contributed by atoms with van der Waals surface area (Å²) in [5.41, 5.74) is 2.85. The van der Waals surface area contributed by atoms with Crippen molar-refractivity contribution in [2.45, 2.75) is 31.0 Å². The minimum atomic E-state index is -0.562. The molecular weight excluding hydrogens is 524 g/mol. The molecule has 0 saturated heterocycles. The number of phenolic OH excluding ortho intramolecular Hbond substituents is 2. The molecule has 2 N–H and O–H groups in total. The van der Waals surface area contributed by atoms with Crippen molar-refractivity contribution in [1.82, 2.24) is 0 Å². The fourth-order valence-corrected chi connectivity index (χ4v) is 5.91. The zero-order chi connectivity index (χ0) is 28.7. The Kier molecular flexibility index (Phi) is 6.83. The average Bonchev–Trinajstić information content (AvgIpc) is 3.00. The summed E-state index contributed by atoms with van der Waals surface area (Å²) in [5, 5.41) is 22.5. The van der Waals surface area contributed by atoms with E-state index in [2.05, 4.69) is 0 Å². The second kappa shape index (κ2) is 10.6.